The summed E-state index contributed by atoms with van der Waals surface area (Å²) in [6.07, 6.45) is 2.10. The average Bonchev–Trinajstić information content (AvgIpc) is 3.08. The summed E-state index contributed by atoms with van der Waals surface area (Å²) in [5.41, 5.74) is 0. The van der Waals surface area contributed by atoms with Crippen LogP contribution in [0.3, 0.4) is 0 Å². The molecular weight excluding hydrogens is 282 g/mol. The molecule has 0 radical (unpaired) electrons. The summed E-state index contributed by atoms with van der Waals surface area (Å²) in [6.45, 7) is 9.16. The molecule has 5 heteroatoms. The Bertz CT molecular complexity index is 426. The molecule has 2 atom stereocenters. The van der Waals surface area contributed by atoms with Crippen molar-refractivity contribution in [2.75, 3.05) is 26.3 Å². The van der Waals surface area contributed by atoms with Gasteiger partial charge in [0.05, 0.1) is 31.5 Å². The second-order valence-electron chi connectivity index (χ2n) is 6.38. The van der Waals surface area contributed by atoms with Crippen molar-refractivity contribution in [2.45, 2.75) is 58.5 Å². The molecule has 0 bridgehead atoms. The first-order valence-corrected chi connectivity index (χ1v) is 8.22. The monoisotopic (exact) mass is 311 g/mol. The first-order chi connectivity index (χ1) is 10.5. The van der Waals surface area contributed by atoms with E-state index in [1.165, 1.54) is 0 Å². The molecular formula is C17H29NO4. The molecule has 1 aliphatic rings. The van der Waals surface area contributed by atoms with E-state index in [-0.39, 0.29) is 12.2 Å². The third-order valence-corrected chi connectivity index (χ3v) is 3.75. The van der Waals surface area contributed by atoms with Crippen LogP contribution in [0.1, 0.15) is 38.2 Å². The van der Waals surface area contributed by atoms with Gasteiger partial charge >= 0.3 is 0 Å². The van der Waals surface area contributed by atoms with Crippen LogP contribution in [0.15, 0.2) is 16.5 Å². The van der Waals surface area contributed by atoms with Gasteiger partial charge in [0.1, 0.15) is 11.5 Å². The summed E-state index contributed by atoms with van der Waals surface area (Å²) in [5, 5.41) is 10.2. The summed E-state index contributed by atoms with van der Waals surface area (Å²) in [5.74, 6) is 1.84. The minimum Gasteiger partial charge on any atom is -0.465 e. The Morgan fingerprint density at radius 1 is 1.41 bits per heavy atom. The van der Waals surface area contributed by atoms with Crippen molar-refractivity contribution in [1.29, 1.82) is 0 Å². The van der Waals surface area contributed by atoms with E-state index in [0.717, 1.165) is 37.5 Å². The maximum Gasteiger partial charge on any atom is 0.118 e. The molecule has 0 unspecified atom stereocenters. The fraction of sp³-hybridized carbons (Fsp3) is 0.765. The largest absolute Gasteiger partial charge is 0.465 e. The van der Waals surface area contributed by atoms with Gasteiger partial charge in [0.15, 0.2) is 0 Å². The maximum atomic E-state index is 10.2. The highest BCUT2D eigenvalue weighted by atomic mass is 16.5. The molecule has 0 aromatic carbocycles. The van der Waals surface area contributed by atoms with Gasteiger partial charge in [-0.2, -0.15) is 0 Å². The molecule has 1 aliphatic heterocycles. The molecule has 1 N–H and O–H groups in total. The molecule has 2 rings (SSSR count). The van der Waals surface area contributed by atoms with E-state index in [9.17, 15) is 5.11 Å². The topological polar surface area (TPSA) is 55.1 Å². The van der Waals surface area contributed by atoms with Gasteiger partial charge in [0.25, 0.3) is 0 Å². The molecule has 1 aromatic heterocycles. The number of aryl methyl sites for hydroxylation is 1. The van der Waals surface area contributed by atoms with E-state index < -0.39 is 6.10 Å². The maximum absolute atomic E-state index is 10.2. The Morgan fingerprint density at radius 2 is 2.23 bits per heavy atom. The predicted molar refractivity (Wildman–Crippen MR) is 84.8 cm³/mol. The van der Waals surface area contributed by atoms with Crippen molar-refractivity contribution in [2.24, 2.45) is 0 Å². The number of aliphatic hydroxyl groups excluding tert-OH is 1. The normalized spacial score (nSPS) is 20.2. The van der Waals surface area contributed by atoms with Crippen molar-refractivity contribution in [3.8, 4) is 0 Å². The zero-order valence-corrected chi connectivity index (χ0v) is 14.0. The van der Waals surface area contributed by atoms with Crippen LogP contribution in [-0.4, -0.2) is 54.6 Å². The first-order valence-electron chi connectivity index (χ1n) is 8.22. The van der Waals surface area contributed by atoms with Crippen LogP contribution < -0.4 is 0 Å². The zero-order valence-electron chi connectivity index (χ0n) is 14.0. The number of hydrogen-bond donors (Lipinski definition) is 1. The third-order valence-electron chi connectivity index (χ3n) is 3.75. The molecule has 5 nitrogen and oxygen atoms in total. The lowest BCUT2D eigenvalue weighted by Crippen LogP contribution is -2.39. The van der Waals surface area contributed by atoms with Crippen molar-refractivity contribution in [1.82, 2.24) is 4.90 Å². The predicted octanol–water partition coefficient (Wildman–Crippen LogP) is 2.35. The fourth-order valence-electron chi connectivity index (χ4n) is 2.72. The van der Waals surface area contributed by atoms with Crippen LogP contribution in [0.25, 0.3) is 0 Å². The molecule has 22 heavy (non-hydrogen) atoms. The highest BCUT2D eigenvalue weighted by Crippen LogP contribution is 2.16. The van der Waals surface area contributed by atoms with E-state index >= 15 is 0 Å². The van der Waals surface area contributed by atoms with Crippen molar-refractivity contribution < 1.29 is 19.0 Å². The number of ether oxygens (including phenoxy) is 2. The van der Waals surface area contributed by atoms with Gasteiger partial charge in [-0.15, -0.1) is 0 Å². The lowest BCUT2D eigenvalue weighted by molar-refractivity contribution is -0.0181. The van der Waals surface area contributed by atoms with Gasteiger partial charge in [-0.25, -0.2) is 0 Å². The number of aliphatic hydroxyl groups is 1. The molecule has 1 fully saturated rings. The Balaban J connectivity index is 1.88. The molecule has 0 spiro atoms. The summed E-state index contributed by atoms with van der Waals surface area (Å²) < 4.78 is 16.9. The van der Waals surface area contributed by atoms with Crippen LogP contribution in [0.4, 0.5) is 0 Å². The molecule has 1 saturated heterocycles. The first kappa shape index (κ1) is 17.5. The number of nitrogens with zero attached hydrogens (tertiary/aromatic N) is 1. The quantitative estimate of drug-likeness (QED) is 0.759. The SMILES string of the molecule is Cc1ccc(CN(C[C@H](O)COC(C)C)C[C@@H]2CCCO2)o1. The third kappa shape index (κ3) is 6.08. The lowest BCUT2D eigenvalue weighted by atomic mass is 10.2. The van der Waals surface area contributed by atoms with Gasteiger partial charge in [0.2, 0.25) is 0 Å². The number of furan rings is 1. The van der Waals surface area contributed by atoms with Gasteiger partial charge in [-0.3, -0.25) is 4.90 Å². The molecule has 0 amide bonds. The van der Waals surface area contributed by atoms with Gasteiger partial charge in [0, 0.05) is 19.7 Å². The highest BCUT2D eigenvalue weighted by molar-refractivity contribution is 5.05. The summed E-state index contributed by atoms with van der Waals surface area (Å²) in [7, 11) is 0. The molecule has 1 aromatic rings. The van der Waals surface area contributed by atoms with Crippen LogP contribution in [-0.2, 0) is 16.0 Å². The van der Waals surface area contributed by atoms with Crippen LogP contribution in [0.2, 0.25) is 0 Å². The van der Waals surface area contributed by atoms with Crippen molar-refractivity contribution >= 4 is 0 Å². The standard InChI is InChI=1S/C17H29NO4/c1-13(2)21-12-15(19)9-18(10-16-5-4-8-20-16)11-17-7-6-14(3)22-17/h6-7,13,15-16,19H,4-5,8-12H2,1-3H3/t15-,16-/m0/s1. The van der Waals surface area contributed by atoms with Crippen LogP contribution >= 0.6 is 0 Å². The highest BCUT2D eigenvalue weighted by Gasteiger charge is 2.22. The van der Waals surface area contributed by atoms with E-state index in [4.69, 9.17) is 13.9 Å². The minimum absolute atomic E-state index is 0.133. The van der Waals surface area contributed by atoms with Crippen LogP contribution in [0, 0.1) is 6.92 Å². The lowest BCUT2D eigenvalue weighted by Gasteiger charge is -2.27. The summed E-state index contributed by atoms with van der Waals surface area (Å²) in [4.78, 5) is 2.20. The Kier molecular flexibility index (Phi) is 6.89. The van der Waals surface area contributed by atoms with Gasteiger partial charge in [-0.1, -0.05) is 0 Å². The Morgan fingerprint density at radius 3 is 2.82 bits per heavy atom. The number of hydrogen-bond acceptors (Lipinski definition) is 5. The fourth-order valence-corrected chi connectivity index (χ4v) is 2.72. The van der Waals surface area contributed by atoms with E-state index in [1.54, 1.807) is 0 Å². The summed E-state index contributed by atoms with van der Waals surface area (Å²) >= 11 is 0. The zero-order chi connectivity index (χ0) is 15.9. The Labute approximate surface area is 133 Å². The van der Waals surface area contributed by atoms with Crippen molar-refractivity contribution in [3.05, 3.63) is 23.7 Å². The second-order valence-corrected chi connectivity index (χ2v) is 6.38. The second kappa shape index (κ2) is 8.67. The summed E-state index contributed by atoms with van der Waals surface area (Å²) in [6, 6.07) is 3.97. The van der Waals surface area contributed by atoms with E-state index in [1.807, 2.05) is 32.9 Å². The average molecular weight is 311 g/mol. The minimum atomic E-state index is -0.500. The van der Waals surface area contributed by atoms with E-state index in [0.29, 0.717) is 19.7 Å². The molecule has 2 heterocycles. The Hall–Kier alpha value is -0.880. The van der Waals surface area contributed by atoms with Gasteiger partial charge < -0.3 is 19.0 Å². The smallest absolute Gasteiger partial charge is 0.118 e. The number of rotatable bonds is 9. The van der Waals surface area contributed by atoms with E-state index in [2.05, 4.69) is 4.90 Å². The van der Waals surface area contributed by atoms with Gasteiger partial charge in [-0.05, 0) is 45.7 Å². The molecule has 0 aliphatic carbocycles. The van der Waals surface area contributed by atoms with Crippen molar-refractivity contribution in [3.63, 3.8) is 0 Å². The van der Waals surface area contributed by atoms with Crippen LogP contribution in [0.5, 0.6) is 0 Å². The molecule has 0 saturated carbocycles. The molecule has 126 valence electrons.